The van der Waals surface area contributed by atoms with Crippen LogP contribution in [0.2, 0.25) is 0 Å². The first-order valence-corrected chi connectivity index (χ1v) is 9.68. The summed E-state index contributed by atoms with van der Waals surface area (Å²) in [5.74, 6) is -0.0159. The number of aromatic nitrogens is 7. The van der Waals surface area contributed by atoms with E-state index >= 15 is 0 Å². The topological polar surface area (TPSA) is 127 Å². The average Bonchev–Trinajstić information content (AvgIpc) is 3.50. The molecule has 13 heteroatoms. The molecule has 0 aliphatic rings. The molecule has 2 N–H and O–H groups in total. The molecule has 0 radical (unpaired) electrons. The summed E-state index contributed by atoms with van der Waals surface area (Å²) in [6, 6.07) is 4.21. The highest BCUT2D eigenvalue weighted by Crippen LogP contribution is 2.32. The number of halogens is 3. The van der Waals surface area contributed by atoms with Crippen LogP contribution in [0, 0.1) is 0 Å². The number of nitrogens with one attached hydrogen (secondary N) is 2. The van der Waals surface area contributed by atoms with E-state index in [9.17, 15) is 18.0 Å². The zero-order valence-electron chi connectivity index (χ0n) is 17.2. The molecule has 10 nitrogen and oxygen atoms in total. The minimum absolute atomic E-state index is 0.168. The Balaban J connectivity index is 1.37. The summed E-state index contributed by atoms with van der Waals surface area (Å²) < 4.78 is 45.7. The minimum Gasteiger partial charge on any atom is -0.353 e. The van der Waals surface area contributed by atoms with Gasteiger partial charge in [-0.1, -0.05) is 5.16 Å². The lowest BCUT2D eigenvalue weighted by Crippen LogP contribution is -2.27. The Morgan fingerprint density at radius 3 is 2.85 bits per heavy atom. The summed E-state index contributed by atoms with van der Waals surface area (Å²) in [7, 11) is 1.71. The predicted molar refractivity (Wildman–Crippen MR) is 109 cm³/mol. The third kappa shape index (κ3) is 3.66. The fourth-order valence-electron chi connectivity index (χ4n) is 3.39. The number of alkyl halides is 3. The highest BCUT2D eigenvalue weighted by Gasteiger charge is 2.31. The van der Waals surface area contributed by atoms with Crippen LogP contribution in [0.4, 0.5) is 13.2 Å². The first-order valence-electron chi connectivity index (χ1n) is 9.68. The molecule has 4 heterocycles. The Bertz CT molecular complexity index is 1500. The molecule has 0 bridgehead atoms. The van der Waals surface area contributed by atoms with E-state index in [2.05, 4.69) is 35.5 Å². The molecule has 0 saturated carbocycles. The smallest absolute Gasteiger partial charge is 0.353 e. The molecule has 0 aliphatic carbocycles. The van der Waals surface area contributed by atoms with Gasteiger partial charge in [-0.2, -0.15) is 18.3 Å². The molecule has 1 amide bonds. The van der Waals surface area contributed by atoms with E-state index in [1.54, 1.807) is 20.0 Å². The van der Waals surface area contributed by atoms with Gasteiger partial charge in [0.05, 0.1) is 34.2 Å². The van der Waals surface area contributed by atoms with Crippen LogP contribution in [-0.2, 0) is 13.2 Å². The number of carbonyl (C=O) groups is 1. The highest BCUT2D eigenvalue weighted by atomic mass is 19.4. The van der Waals surface area contributed by atoms with Crippen LogP contribution in [0.3, 0.4) is 0 Å². The number of aromatic amines is 1. The Kier molecular flexibility index (Phi) is 4.62. The fourth-order valence-corrected chi connectivity index (χ4v) is 3.39. The minimum atomic E-state index is -4.46. The molecule has 1 atom stereocenters. The number of carbonyl (C=O) groups excluding carboxylic acids is 1. The van der Waals surface area contributed by atoms with Crippen molar-refractivity contribution < 1.29 is 22.5 Å². The number of hydrogen-bond acceptors (Lipinski definition) is 7. The first-order chi connectivity index (χ1) is 15.7. The molecule has 0 spiro atoms. The maximum Gasteiger partial charge on any atom is 0.416 e. The number of imidazole rings is 1. The van der Waals surface area contributed by atoms with Crippen molar-refractivity contribution in [3.63, 3.8) is 0 Å². The average molecular weight is 456 g/mol. The van der Waals surface area contributed by atoms with Gasteiger partial charge in [0.15, 0.2) is 11.5 Å². The normalized spacial score (nSPS) is 13.0. The van der Waals surface area contributed by atoms with Crippen molar-refractivity contribution in [3.8, 4) is 11.6 Å². The molecule has 0 saturated heterocycles. The Morgan fingerprint density at radius 2 is 2.06 bits per heavy atom. The third-order valence-corrected chi connectivity index (χ3v) is 5.11. The van der Waals surface area contributed by atoms with Crippen LogP contribution < -0.4 is 5.32 Å². The zero-order valence-corrected chi connectivity index (χ0v) is 17.2. The molecule has 4 aromatic heterocycles. The van der Waals surface area contributed by atoms with Crippen LogP contribution in [0.15, 0.2) is 41.3 Å². The standard InChI is InChI=1S/C20H15F3N8O2/c1-9(27-19(32)16-11-7-26-31(2)18(11)25-8-24-16)13-6-15(33-30-13)17-28-12-4-3-10(20(21,22)23)5-14(12)29-17/h3-9H,1-2H3,(H,27,32)(H,28,29)/t9-/m0/s1. The fraction of sp³-hybridized carbons (Fsp3) is 0.200. The van der Waals surface area contributed by atoms with E-state index in [4.69, 9.17) is 4.52 Å². The second-order valence-electron chi connectivity index (χ2n) is 7.35. The van der Waals surface area contributed by atoms with Gasteiger partial charge in [0.25, 0.3) is 5.91 Å². The van der Waals surface area contributed by atoms with Crippen LogP contribution in [-0.4, -0.2) is 40.8 Å². The van der Waals surface area contributed by atoms with E-state index < -0.39 is 23.7 Å². The number of benzene rings is 1. The summed E-state index contributed by atoms with van der Waals surface area (Å²) in [5.41, 5.74) is 0.856. The molecular formula is C20H15F3N8O2. The summed E-state index contributed by atoms with van der Waals surface area (Å²) in [6.45, 7) is 1.70. The molecule has 0 unspecified atom stereocenters. The lowest BCUT2D eigenvalue weighted by molar-refractivity contribution is -0.137. The van der Waals surface area contributed by atoms with Crippen molar-refractivity contribution in [2.45, 2.75) is 19.1 Å². The van der Waals surface area contributed by atoms with Crippen LogP contribution >= 0.6 is 0 Å². The lowest BCUT2D eigenvalue weighted by atomic mass is 10.2. The lowest BCUT2D eigenvalue weighted by Gasteiger charge is -2.10. The van der Waals surface area contributed by atoms with Crippen molar-refractivity contribution in [1.29, 1.82) is 0 Å². The Morgan fingerprint density at radius 1 is 1.24 bits per heavy atom. The van der Waals surface area contributed by atoms with Crippen LogP contribution in [0.25, 0.3) is 33.7 Å². The van der Waals surface area contributed by atoms with Crippen molar-refractivity contribution in [1.82, 2.24) is 40.2 Å². The second kappa shape index (κ2) is 7.39. The van der Waals surface area contributed by atoms with Gasteiger partial charge < -0.3 is 14.8 Å². The number of nitrogens with zero attached hydrogens (tertiary/aromatic N) is 6. The predicted octanol–water partition coefficient (Wildman–Crippen LogP) is 3.40. The molecule has 1 aromatic carbocycles. The summed E-state index contributed by atoms with van der Waals surface area (Å²) in [4.78, 5) is 28.0. The number of H-pyrrole nitrogens is 1. The van der Waals surface area contributed by atoms with Gasteiger partial charge in [0.2, 0.25) is 5.76 Å². The molecule has 0 fully saturated rings. The summed E-state index contributed by atoms with van der Waals surface area (Å²) in [5, 5.41) is 11.3. The first kappa shape index (κ1) is 20.6. The molecule has 168 valence electrons. The number of rotatable bonds is 4. The van der Waals surface area contributed by atoms with Crippen LogP contribution in [0.5, 0.6) is 0 Å². The van der Waals surface area contributed by atoms with Crippen molar-refractivity contribution in [2.24, 2.45) is 7.05 Å². The van der Waals surface area contributed by atoms with Gasteiger partial charge in [-0.3, -0.25) is 9.48 Å². The second-order valence-corrected chi connectivity index (χ2v) is 7.35. The maximum atomic E-state index is 12.9. The molecular weight excluding hydrogens is 441 g/mol. The molecule has 5 aromatic rings. The maximum absolute atomic E-state index is 12.9. The number of hydrogen-bond donors (Lipinski definition) is 2. The summed E-state index contributed by atoms with van der Waals surface area (Å²) >= 11 is 0. The molecule has 33 heavy (non-hydrogen) atoms. The zero-order chi connectivity index (χ0) is 23.3. The SMILES string of the molecule is C[C@H](NC(=O)c1ncnc2c1cnn2C)c1cc(-c2nc3ccc(C(F)(F)F)cc3[nH]2)on1. The third-order valence-electron chi connectivity index (χ3n) is 5.11. The van der Waals surface area contributed by atoms with E-state index in [1.807, 2.05) is 0 Å². The Hall–Kier alpha value is -4.29. The van der Waals surface area contributed by atoms with E-state index in [0.29, 0.717) is 22.2 Å². The van der Waals surface area contributed by atoms with Crippen molar-refractivity contribution in [2.75, 3.05) is 0 Å². The summed E-state index contributed by atoms with van der Waals surface area (Å²) in [6.07, 6.45) is -1.67. The quantitative estimate of drug-likeness (QED) is 0.424. The number of amides is 1. The van der Waals surface area contributed by atoms with Gasteiger partial charge in [-0.15, -0.1) is 0 Å². The largest absolute Gasteiger partial charge is 0.416 e. The number of aryl methyl sites for hydroxylation is 1. The van der Waals surface area contributed by atoms with E-state index in [0.717, 1.165) is 12.1 Å². The van der Waals surface area contributed by atoms with Gasteiger partial charge in [0.1, 0.15) is 17.7 Å². The van der Waals surface area contributed by atoms with Crippen molar-refractivity contribution in [3.05, 3.63) is 53.7 Å². The van der Waals surface area contributed by atoms with Gasteiger partial charge in [-0.05, 0) is 25.1 Å². The highest BCUT2D eigenvalue weighted by molar-refractivity contribution is 6.03. The van der Waals surface area contributed by atoms with Crippen molar-refractivity contribution >= 4 is 28.0 Å². The number of fused-ring (bicyclic) bond motifs is 2. The van der Waals surface area contributed by atoms with E-state index in [1.165, 1.54) is 23.3 Å². The van der Waals surface area contributed by atoms with E-state index in [-0.39, 0.29) is 22.8 Å². The van der Waals surface area contributed by atoms with Gasteiger partial charge in [-0.25, -0.2) is 15.0 Å². The molecule has 0 aliphatic heterocycles. The van der Waals surface area contributed by atoms with Gasteiger partial charge >= 0.3 is 6.18 Å². The van der Waals surface area contributed by atoms with Crippen LogP contribution in [0.1, 0.15) is 34.7 Å². The Labute approximate surface area is 182 Å². The van der Waals surface area contributed by atoms with Gasteiger partial charge in [0, 0.05) is 13.1 Å². The monoisotopic (exact) mass is 456 g/mol. The molecule has 5 rings (SSSR count).